The highest BCUT2D eigenvalue weighted by Gasteiger charge is 2.49. The van der Waals surface area contributed by atoms with Crippen LogP contribution in [0.1, 0.15) is 75.6 Å². The van der Waals surface area contributed by atoms with Crippen molar-refractivity contribution in [2.45, 2.75) is 78.4 Å². The smallest absolute Gasteiger partial charge is 0.123 e. The van der Waals surface area contributed by atoms with Gasteiger partial charge in [0, 0.05) is 13.2 Å². The predicted molar refractivity (Wildman–Crippen MR) is 119 cm³/mol. The molecule has 28 heavy (non-hydrogen) atoms. The van der Waals surface area contributed by atoms with E-state index in [0.29, 0.717) is 0 Å². The molecule has 2 rings (SSSR count). The first-order valence-electron chi connectivity index (χ1n) is 10.8. The molecule has 0 aliphatic heterocycles. The van der Waals surface area contributed by atoms with Crippen molar-refractivity contribution in [3.8, 4) is 0 Å². The van der Waals surface area contributed by atoms with Gasteiger partial charge in [0.1, 0.15) is 11.2 Å². The summed E-state index contributed by atoms with van der Waals surface area (Å²) < 4.78 is 13.3. The summed E-state index contributed by atoms with van der Waals surface area (Å²) in [4.78, 5) is 0. The molecular formula is C26H38O2. The molecule has 0 saturated heterocycles. The molecule has 2 heteroatoms. The molecule has 0 N–H and O–H groups in total. The summed E-state index contributed by atoms with van der Waals surface area (Å²) in [6.45, 7) is 14.5. The van der Waals surface area contributed by atoms with Crippen molar-refractivity contribution in [1.29, 1.82) is 0 Å². The van der Waals surface area contributed by atoms with Crippen LogP contribution >= 0.6 is 0 Å². The molecule has 2 nitrogen and oxygen atoms in total. The molecule has 0 heterocycles. The first-order chi connectivity index (χ1) is 13.4. The minimum atomic E-state index is -0.584. The topological polar surface area (TPSA) is 18.5 Å². The van der Waals surface area contributed by atoms with Crippen LogP contribution in [-0.2, 0) is 20.7 Å². The molecule has 0 aromatic heterocycles. The molecule has 2 unspecified atom stereocenters. The maximum atomic E-state index is 6.65. The van der Waals surface area contributed by atoms with E-state index >= 15 is 0 Å². The van der Waals surface area contributed by atoms with Crippen LogP contribution in [0.5, 0.6) is 0 Å². The largest absolute Gasteiger partial charge is 0.367 e. The molecule has 0 aliphatic carbocycles. The number of unbranched alkanes of at least 4 members (excludes halogenated alkanes) is 2. The Hall–Kier alpha value is -1.64. The zero-order chi connectivity index (χ0) is 20.6. The van der Waals surface area contributed by atoms with E-state index in [-0.39, 0.29) is 0 Å². The number of hydrogen-bond acceptors (Lipinski definition) is 2. The van der Waals surface area contributed by atoms with E-state index in [0.717, 1.165) is 50.0 Å². The first-order valence-corrected chi connectivity index (χ1v) is 10.8. The number of rotatable bonds is 11. The fraction of sp³-hybridized carbons (Fsp3) is 0.538. The maximum Gasteiger partial charge on any atom is 0.123 e. The van der Waals surface area contributed by atoms with Gasteiger partial charge < -0.3 is 9.47 Å². The van der Waals surface area contributed by atoms with Crippen LogP contribution in [0.4, 0.5) is 0 Å². The summed E-state index contributed by atoms with van der Waals surface area (Å²) in [5.74, 6) is 0. The van der Waals surface area contributed by atoms with Gasteiger partial charge in [-0.2, -0.15) is 0 Å². The van der Waals surface area contributed by atoms with Crippen molar-refractivity contribution in [3.63, 3.8) is 0 Å². The van der Waals surface area contributed by atoms with Gasteiger partial charge in [-0.15, -0.1) is 0 Å². The number of ether oxygens (including phenoxy) is 2. The Morgan fingerprint density at radius 2 is 0.929 bits per heavy atom. The Bertz CT molecular complexity index is 641. The maximum absolute atomic E-state index is 6.65. The monoisotopic (exact) mass is 382 g/mol. The Labute approximate surface area is 172 Å². The van der Waals surface area contributed by atoms with Crippen molar-refractivity contribution in [2.24, 2.45) is 0 Å². The molecular weight excluding hydrogens is 344 g/mol. The number of aryl methyl sites for hydroxylation is 2. The fourth-order valence-corrected chi connectivity index (χ4v) is 3.58. The average Bonchev–Trinajstić information content (AvgIpc) is 2.69. The molecule has 0 saturated carbocycles. The molecule has 0 spiro atoms. The zero-order valence-electron chi connectivity index (χ0n) is 18.7. The highest BCUT2D eigenvalue weighted by molar-refractivity contribution is 5.36. The molecule has 154 valence electrons. The van der Waals surface area contributed by atoms with Crippen LogP contribution in [0.25, 0.3) is 0 Å². The summed E-state index contributed by atoms with van der Waals surface area (Å²) in [5.41, 5.74) is 3.66. The normalized spacial score (nSPS) is 15.8. The van der Waals surface area contributed by atoms with Crippen LogP contribution in [0.3, 0.4) is 0 Å². The molecule has 2 aromatic rings. The molecule has 0 aliphatic rings. The quantitative estimate of drug-likeness (QED) is 0.387. The lowest BCUT2D eigenvalue weighted by Crippen LogP contribution is -2.49. The van der Waals surface area contributed by atoms with Crippen LogP contribution in [-0.4, -0.2) is 13.2 Å². The van der Waals surface area contributed by atoms with E-state index in [1.54, 1.807) is 0 Å². The highest BCUT2D eigenvalue weighted by atomic mass is 16.6. The standard InChI is InChI=1S/C26H38O2/c1-7-9-19-27-25(5,23-15-11-21(3)12-16-23)26(6,28-20-10-8-2)24-17-13-22(4)14-18-24/h11-18H,7-10,19-20H2,1-6H3. The van der Waals surface area contributed by atoms with Gasteiger partial charge in [0.05, 0.1) is 0 Å². The van der Waals surface area contributed by atoms with Gasteiger partial charge in [-0.25, -0.2) is 0 Å². The van der Waals surface area contributed by atoms with Crippen molar-refractivity contribution >= 4 is 0 Å². The molecule has 0 amide bonds. The third-order valence-corrected chi connectivity index (χ3v) is 5.89. The highest BCUT2D eigenvalue weighted by Crippen LogP contribution is 2.46. The summed E-state index contributed by atoms with van der Waals surface area (Å²) in [6, 6.07) is 17.4. The van der Waals surface area contributed by atoms with E-state index in [1.807, 2.05) is 0 Å². The van der Waals surface area contributed by atoms with Crippen LogP contribution in [0, 0.1) is 13.8 Å². The lowest BCUT2D eigenvalue weighted by atomic mass is 9.75. The van der Waals surface area contributed by atoms with E-state index in [1.165, 1.54) is 11.1 Å². The molecule has 0 radical (unpaired) electrons. The molecule has 0 fully saturated rings. The second-order valence-corrected chi connectivity index (χ2v) is 8.20. The first kappa shape index (κ1) is 22.6. The van der Waals surface area contributed by atoms with Crippen LogP contribution < -0.4 is 0 Å². The fourth-order valence-electron chi connectivity index (χ4n) is 3.58. The second-order valence-electron chi connectivity index (χ2n) is 8.20. The van der Waals surface area contributed by atoms with Gasteiger partial charge in [0.2, 0.25) is 0 Å². The summed E-state index contributed by atoms with van der Waals surface area (Å²) in [7, 11) is 0. The molecule has 2 atom stereocenters. The number of benzene rings is 2. The SMILES string of the molecule is CCCCOC(C)(c1ccc(C)cc1)C(C)(OCCCC)c1ccc(C)cc1. The minimum Gasteiger partial charge on any atom is -0.367 e. The summed E-state index contributed by atoms with van der Waals surface area (Å²) >= 11 is 0. The minimum absolute atomic E-state index is 0.584. The van der Waals surface area contributed by atoms with E-state index < -0.39 is 11.2 Å². The van der Waals surface area contributed by atoms with Crippen LogP contribution in [0.2, 0.25) is 0 Å². The van der Waals surface area contributed by atoms with Gasteiger partial charge in [-0.1, -0.05) is 86.3 Å². The summed E-state index contributed by atoms with van der Waals surface area (Å²) in [6.07, 6.45) is 4.31. The number of hydrogen-bond donors (Lipinski definition) is 0. The lowest BCUT2D eigenvalue weighted by Gasteiger charge is -2.47. The Morgan fingerprint density at radius 1 is 0.607 bits per heavy atom. The zero-order valence-corrected chi connectivity index (χ0v) is 18.7. The molecule has 2 aromatic carbocycles. The van der Waals surface area contributed by atoms with Crippen LogP contribution in [0.15, 0.2) is 48.5 Å². The van der Waals surface area contributed by atoms with Crippen molar-refractivity contribution in [2.75, 3.05) is 13.2 Å². The third kappa shape index (κ3) is 5.04. The van der Waals surface area contributed by atoms with E-state index in [2.05, 4.69) is 90.1 Å². The van der Waals surface area contributed by atoms with Gasteiger partial charge in [-0.05, 0) is 51.7 Å². The van der Waals surface area contributed by atoms with E-state index in [4.69, 9.17) is 9.47 Å². The van der Waals surface area contributed by atoms with Crippen molar-refractivity contribution < 1.29 is 9.47 Å². The third-order valence-electron chi connectivity index (χ3n) is 5.89. The van der Waals surface area contributed by atoms with Gasteiger partial charge >= 0.3 is 0 Å². The van der Waals surface area contributed by atoms with Gasteiger partial charge in [-0.3, -0.25) is 0 Å². The van der Waals surface area contributed by atoms with Crippen molar-refractivity contribution in [1.82, 2.24) is 0 Å². The van der Waals surface area contributed by atoms with E-state index in [9.17, 15) is 0 Å². The second kappa shape index (κ2) is 10.2. The lowest BCUT2D eigenvalue weighted by molar-refractivity contribution is -0.207. The Kier molecular flexibility index (Phi) is 8.27. The van der Waals surface area contributed by atoms with Gasteiger partial charge in [0.15, 0.2) is 0 Å². The van der Waals surface area contributed by atoms with Crippen molar-refractivity contribution in [3.05, 3.63) is 70.8 Å². The molecule has 0 bridgehead atoms. The average molecular weight is 383 g/mol. The van der Waals surface area contributed by atoms with Gasteiger partial charge in [0.25, 0.3) is 0 Å². The Morgan fingerprint density at radius 3 is 1.21 bits per heavy atom. The summed E-state index contributed by atoms with van der Waals surface area (Å²) in [5, 5.41) is 0. The predicted octanol–water partition coefficient (Wildman–Crippen LogP) is 7.07. The Balaban J connectivity index is 2.55.